The van der Waals surface area contributed by atoms with E-state index in [1.165, 1.54) is 11.3 Å². The summed E-state index contributed by atoms with van der Waals surface area (Å²) in [4.78, 5) is 4.93. The number of nitrogens with one attached hydrogen (secondary N) is 1. The summed E-state index contributed by atoms with van der Waals surface area (Å²) in [5, 5.41) is 4.18. The lowest BCUT2D eigenvalue weighted by atomic mass is 10.1. The standard InChI is InChI=1S/C22H28ClN3O/c23-19-2-1-3-20(16-19)26-14-12-25(13-15-26)17-18-4-6-21(7-5-18)27-22-8-10-24-11-9-22/h1-7,16,22,24H,8-15,17H2. The summed E-state index contributed by atoms with van der Waals surface area (Å²) in [7, 11) is 0. The van der Waals surface area contributed by atoms with Crippen molar-refractivity contribution in [2.24, 2.45) is 0 Å². The number of ether oxygens (including phenoxy) is 1. The Kier molecular flexibility index (Phi) is 6.17. The summed E-state index contributed by atoms with van der Waals surface area (Å²) >= 11 is 6.12. The predicted octanol–water partition coefficient (Wildman–Crippen LogP) is 3.79. The van der Waals surface area contributed by atoms with Gasteiger partial charge in [-0.05, 0) is 61.8 Å². The SMILES string of the molecule is Clc1cccc(N2CCN(Cc3ccc(OC4CCNCC4)cc3)CC2)c1. The van der Waals surface area contributed by atoms with Crippen molar-refractivity contribution in [2.45, 2.75) is 25.5 Å². The second-order valence-electron chi connectivity index (χ2n) is 7.45. The lowest BCUT2D eigenvalue weighted by Crippen LogP contribution is -2.45. The van der Waals surface area contributed by atoms with Crippen molar-refractivity contribution in [1.29, 1.82) is 0 Å². The van der Waals surface area contributed by atoms with Crippen molar-refractivity contribution >= 4 is 17.3 Å². The number of hydrogen-bond acceptors (Lipinski definition) is 4. The minimum Gasteiger partial charge on any atom is -0.490 e. The minimum absolute atomic E-state index is 0.358. The molecule has 0 bridgehead atoms. The Labute approximate surface area is 167 Å². The number of hydrogen-bond donors (Lipinski definition) is 1. The molecule has 4 nitrogen and oxygen atoms in total. The highest BCUT2D eigenvalue weighted by atomic mass is 35.5. The van der Waals surface area contributed by atoms with Crippen molar-refractivity contribution in [1.82, 2.24) is 10.2 Å². The molecule has 0 aromatic heterocycles. The van der Waals surface area contributed by atoms with Crippen LogP contribution in [-0.4, -0.2) is 50.3 Å². The summed E-state index contributed by atoms with van der Waals surface area (Å²) in [5.74, 6) is 0.997. The molecule has 2 aliphatic heterocycles. The van der Waals surface area contributed by atoms with Gasteiger partial charge in [0.05, 0.1) is 0 Å². The monoisotopic (exact) mass is 385 g/mol. The molecule has 2 heterocycles. The molecule has 0 amide bonds. The van der Waals surface area contributed by atoms with E-state index in [0.29, 0.717) is 6.10 Å². The Morgan fingerprint density at radius 2 is 1.70 bits per heavy atom. The third-order valence-corrected chi connectivity index (χ3v) is 5.70. The number of anilines is 1. The van der Waals surface area contributed by atoms with Gasteiger partial charge < -0.3 is 15.0 Å². The van der Waals surface area contributed by atoms with Crippen LogP contribution in [0.5, 0.6) is 5.75 Å². The normalized spacial score (nSPS) is 19.2. The van der Waals surface area contributed by atoms with Gasteiger partial charge in [0.15, 0.2) is 0 Å². The Hall–Kier alpha value is -1.75. The molecule has 2 aliphatic rings. The van der Waals surface area contributed by atoms with E-state index in [9.17, 15) is 0 Å². The number of piperazine rings is 1. The van der Waals surface area contributed by atoms with Crippen LogP contribution in [0.15, 0.2) is 48.5 Å². The molecule has 2 saturated heterocycles. The molecule has 2 fully saturated rings. The van der Waals surface area contributed by atoms with E-state index in [1.54, 1.807) is 0 Å². The fourth-order valence-electron chi connectivity index (χ4n) is 3.87. The van der Waals surface area contributed by atoms with Gasteiger partial charge in [0, 0.05) is 43.4 Å². The molecule has 144 valence electrons. The van der Waals surface area contributed by atoms with Gasteiger partial charge in [-0.1, -0.05) is 29.8 Å². The fraction of sp³-hybridized carbons (Fsp3) is 0.455. The zero-order valence-electron chi connectivity index (χ0n) is 15.7. The van der Waals surface area contributed by atoms with E-state index in [-0.39, 0.29) is 0 Å². The van der Waals surface area contributed by atoms with E-state index in [4.69, 9.17) is 16.3 Å². The Balaban J connectivity index is 1.26. The van der Waals surface area contributed by atoms with Crippen molar-refractivity contribution < 1.29 is 4.74 Å². The molecule has 2 aromatic carbocycles. The van der Waals surface area contributed by atoms with E-state index < -0.39 is 0 Å². The van der Waals surface area contributed by atoms with Crippen LogP contribution in [0.3, 0.4) is 0 Å². The quantitative estimate of drug-likeness (QED) is 0.847. The van der Waals surface area contributed by atoms with Crippen LogP contribution in [0.1, 0.15) is 18.4 Å². The van der Waals surface area contributed by atoms with Crippen LogP contribution >= 0.6 is 11.6 Å². The van der Waals surface area contributed by atoms with E-state index >= 15 is 0 Å². The zero-order chi connectivity index (χ0) is 18.5. The van der Waals surface area contributed by atoms with Crippen molar-refractivity contribution in [3.8, 4) is 5.75 Å². The molecule has 0 aliphatic carbocycles. The molecule has 0 unspecified atom stereocenters. The highest BCUT2D eigenvalue weighted by Gasteiger charge is 2.18. The molecular formula is C22H28ClN3O. The highest BCUT2D eigenvalue weighted by Crippen LogP contribution is 2.22. The molecule has 0 atom stereocenters. The molecular weight excluding hydrogens is 358 g/mol. The van der Waals surface area contributed by atoms with Crippen LogP contribution in [0.25, 0.3) is 0 Å². The smallest absolute Gasteiger partial charge is 0.119 e. The van der Waals surface area contributed by atoms with Gasteiger partial charge in [-0.2, -0.15) is 0 Å². The number of benzene rings is 2. The maximum Gasteiger partial charge on any atom is 0.119 e. The summed E-state index contributed by atoms with van der Waals surface area (Å²) in [6, 6.07) is 16.8. The third kappa shape index (κ3) is 5.16. The number of halogens is 1. The minimum atomic E-state index is 0.358. The van der Waals surface area contributed by atoms with E-state index in [0.717, 1.165) is 69.4 Å². The molecule has 1 N–H and O–H groups in total. The molecule has 0 saturated carbocycles. The van der Waals surface area contributed by atoms with Gasteiger partial charge in [-0.15, -0.1) is 0 Å². The molecule has 5 heteroatoms. The largest absolute Gasteiger partial charge is 0.490 e. The Morgan fingerprint density at radius 3 is 2.41 bits per heavy atom. The lowest BCUT2D eigenvalue weighted by Gasteiger charge is -2.36. The maximum absolute atomic E-state index is 6.12. The van der Waals surface area contributed by atoms with Gasteiger partial charge in [-0.25, -0.2) is 0 Å². The van der Waals surface area contributed by atoms with Crippen LogP contribution in [0.4, 0.5) is 5.69 Å². The number of piperidine rings is 1. The Morgan fingerprint density at radius 1 is 0.963 bits per heavy atom. The van der Waals surface area contributed by atoms with Gasteiger partial charge in [0.1, 0.15) is 11.9 Å². The van der Waals surface area contributed by atoms with Crippen molar-refractivity contribution in [2.75, 3.05) is 44.2 Å². The summed E-state index contributed by atoms with van der Waals surface area (Å²) in [5.41, 5.74) is 2.57. The highest BCUT2D eigenvalue weighted by molar-refractivity contribution is 6.30. The van der Waals surface area contributed by atoms with Crippen LogP contribution in [-0.2, 0) is 6.54 Å². The second kappa shape index (κ2) is 8.96. The van der Waals surface area contributed by atoms with Crippen LogP contribution < -0.4 is 15.0 Å². The second-order valence-corrected chi connectivity index (χ2v) is 7.89. The maximum atomic E-state index is 6.12. The summed E-state index contributed by atoms with van der Waals surface area (Å²) in [6.45, 7) is 7.33. The third-order valence-electron chi connectivity index (χ3n) is 5.46. The summed E-state index contributed by atoms with van der Waals surface area (Å²) < 4.78 is 6.10. The fourth-order valence-corrected chi connectivity index (χ4v) is 4.06. The van der Waals surface area contributed by atoms with Gasteiger partial charge >= 0.3 is 0 Å². The van der Waals surface area contributed by atoms with Crippen LogP contribution in [0, 0.1) is 0 Å². The van der Waals surface area contributed by atoms with Gasteiger partial charge in [0.25, 0.3) is 0 Å². The van der Waals surface area contributed by atoms with Gasteiger partial charge in [0.2, 0.25) is 0 Å². The lowest BCUT2D eigenvalue weighted by molar-refractivity contribution is 0.162. The Bertz CT molecular complexity index is 723. The first kappa shape index (κ1) is 18.6. The average Bonchev–Trinajstić information content (AvgIpc) is 2.71. The van der Waals surface area contributed by atoms with Crippen molar-refractivity contribution in [3.63, 3.8) is 0 Å². The first-order chi connectivity index (χ1) is 13.3. The van der Waals surface area contributed by atoms with Crippen LogP contribution in [0.2, 0.25) is 5.02 Å². The number of nitrogens with zero attached hydrogens (tertiary/aromatic N) is 2. The van der Waals surface area contributed by atoms with Gasteiger partial charge in [-0.3, -0.25) is 4.90 Å². The topological polar surface area (TPSA) is 27.7 Å². The summed E-state index contributed by atoms with van der Waals surface area (Å²) in [6.07, 6.45) is 2.55. The molecule has 2 aromatic rings. The molecule has 27 heavy (non-hydrogen) atoms. The average molecular weight is 386 g/mol. The van der Waals surface area contributed by atoms with E-state index in [2.05, 4.69) is 51.5 Å². The molecule has 4 rings (SSSR count). The van der Waals surface area contributed by atoms with E-state index in [1.807, 2.05) is 12.1 Å². The first-order valence-electron chi connectivity index (χ1n) is 9.95. The predicted molar refractivity (Wildman–Crippen MR) is 112 cm³/mol. The zero-order valence-corrected chi connectivity index (χ0v) is 16.5. The molecule has 0 spiro atoms. The number of rotatable bonds is 5. The molecule has 0 radical (unpaired) electrons. The van der Waals surface area contributed by atoms with Crippen molar-refractivity contribution in [3.05, 3.63) is 59.1 Å². The first-order valence-corrected chi connectivity index (χ1v) is 10.3.